The number of nitrogens with zero attached hydrogens (tertiary/aromatic N) is 3. The first-order valence-electron chi connectivity index (χ1n) is 8.16. The maximum Gasteiger partial charge on any atom is 0.237 e. The van der Waals surface area contributed by atoms with Crippen LogP contribution in [0.1, 0.15) is 12.5 Å². The predicted octanol–water partition coefficient (Wildman–Crippen LogP) is 3.70. The molecule has 0 saturated carbocycles. The van der Waals surface area contributed by atoms with E-state index in [4.69, 9.17) is 4.74 Å². The summed E-state index contributed by atoms with van der Waals surface area (Å²) < 4.78 is 7.22. The maximum absolute atomic E-state index is 12.5. The summed E-state index contributed by atoms with van der Waals surface area (Å²) in [6, 6.07) is 15.3. The third kappa shape index (κ3) is 4.05. The first-order valence-corrected chi connectivity index (χ1v) is 9.04. The van der Waals surface area contributed by atoms with Gasteiger partial charge in [0.15, 0.2) is 5.16 Å². The van der Waals surface area contributed by atoms with Crippen LogP contribution in [0, 0.1) is 6.92 Å². The fourth-order valence-corrected chi connectivity index (χ4v) is 3.31. The normalized spacial score (nSPS) is 11.8. The summed E-state index contributed by atoms with van der Waals surface area (Å²) in [7, 11) is 1.62. The molecule has 3 aromatic rings. The number of benzene rings is 2. The van der Waals surface area contributed by atoms with Crippen molar-refractivity contribution in [2.24, 2.45) is 0 Å². The summed E-state index contributed by atoms with van der Waals surface area (Å²) in [6.07, 6.45) is 1.62. The number of aryl methyl sites for hydroxylation is 1. The van der Waals surface area contributed by atoms with Crippen molar-refractivity contribution in [1.29, 1.82) is 0 Å². The molecule has 1 heterocycles. The predicted molar refractivity (Wildman–Crippen MR) is 103 cm³/mol. The molecule has 0 spiro atoms. The average molecular weight is 368 g/mol. The second kappa shape index (κ2) is 8.05. The van der Waals surface area contributed by atoms with Crippen molar-refractivity contribution in [3.8, 4) is 11.4 Å². The number of methoxy groups -OCH3 is 1. The molecule has 1 aromatic heterocycles. The lowest BCUT2D eigenvalue weighted by molar-refractivity contribution is -0.115. The maximum atomic E-state index is 12.5. The molecule has 0 saturated heterocycles. The molecule has 3 rings (SSSR count). The van der Waals surface area contributed by atoms with Crippen molar-refractivity contribution in [1.82, 2.24) is 14.8 Å². The first kappa shape index (κ1) is 18.0. The molecule has 0 aliphatic rings. The number of hydrogen-bond donors (Lipinski definition) is 1. The Bertz CT molecular complexity index is 910. The lowest BCUT2D eigenvalue weighted by atomic mass is 10.2. The van der Waals surface area contributed by atoms with E-state index in [1.165, 1.54) is 11.8 Å². The molecule has 1 atom stereocenters. The van der Waals surface area contributed by atoms with Gasteiger partial charge in [0.25, 0.3) is 0 Å². The van der Waals surface area contributed by atoms with E-state index < -0.39 is 0 Å². The average Bonchev–Trinajstić information content (AvgIpc) is 3.09. The zero-order valence-electron chi connectivity index (χ0n) is 14.8. The lowest BCUT2D eigenvalue weighted by Gasteiger charge is -2.14. The van der Waals surface area contributed by atoms with Gasteiger partial charge in [-0.1, -0.05) is 36.0 Å². The molecule has 7 heteroatoms. The van der Waals surface area contributed by atoms with E-state index in [1.54, 1.807) is 13.4 Å². The van der Waals surface area contributed by atoms with Crippen LogP contribution in [-0.2, 0) is 4.79 Å². The van der Waals surface area contributed by atoms with Crippen LogP contribution in [0.4, 0.5) is 5.69 Å². The smallest absolute Gasteiger partial charge is 0.237 e. The van der Waals surface area contributed by atoms with Crippen LogP contribution >= 0.6 is 11.8 Å². The van der Waals surface area contributed by atoms with Crippen LogP contribution in [0.15, 0.2) is 60.0 Å². The Morgan fingerprint density at radius 3 is 2.81 bits per heavy atom. The molecule has 0 fully saturated rings. The Hall–Kier alpha value is -2.80. The summed E-state index contributed by atoms with van der Waals surface area (Å²) in [5.41, 5.74) is 2.71. The monoisotopic (exact) mass is 368 g/mol. The van der Waals surface area contributed by atoms with Crippen LogP contribution in [0.2, 0.25) is 0 Å². The quantitative estimate of drug-likeness (QED) is 0.672. The van der Waals surface area contributed by atoms with Crippen LogP contribution in [0.25, 0.3) is 5.69 Å². The van der Waals surface area contributed by atoms with Gasteiger partial charge < -0.3 is 10.1 Å². The number of anilines is 1. The molecule has 2 aromatic carbocycles. The van der Waals surface area contributed by atoms with E-state index >= 15 is 0 Å². The summed E-state index contributed by atoms with van der Waals surface area (Å²) in [4.78, 5) is 12.5. The number of hydrogen-bond acceptors (Lipinski definition) is 5. The number of para-hydroxylation sites is 2. The van der Waals surface area contributed by atoms with E-state index in [0.29, 0.717) is 10.9 Å². The number of rotatable bonds is 6. The van der Waals surface area contributed by atoms with Gasteiger partial charge in [0.1, 0.15) is 12.1 Å². The highest BCUT2D eigenvalue weighted by atomic mass is 32.2. The summed E-state index contributed by atoms with van der Waals surface area (Å²) in [6.45, 7) is 3.83. The van der Waals surface area contributed by atoms with Crippen molar-refractivity contribution in [3.05, 3.63) is 60.4 Å². The van der Waals surface area contributed by atoms with Gasteiger partial charge in [-0.3, -0.25) is 9.36 Å². The van der Waals surface area contributed by atoms with E-state index in [2.05, 4.69) is 15.5 Å². The molecule has 1 N–H and O–H groups in total. The molecule has 134 valence electrons. The standard InChI is InChI=1S/C19H20N4O2S/c1-13-7-6-8-15(11-13)21-18(24)14(2)26-19-22-20-12-23(19)16-9-4-5-10-17(16)25-3/h4-12,14H,1-3H3,(H,21,24). The number of nitrogens with one attached hydrogen (secondary N) is 1. The topological polar surface area (TPSA) is 69.0 Å². The van der Waals surface area contributed by atoms with Gasteiger partial charge in [0.2, 0.25) is 5.91 Å². The molecule has 1 unspecified atom stereocenters. The van der Waals surface area contributed by atoms with Gasteiger partial charge in [-0.2, -0.15) is 0 Å². The molecule has 26 heavy (non-hydrogen) atoms. The van der Waals surface area contributed by atoms with Crippen LogP contribution in [0.5, 0.6) is 5.75 Å². The van der Waals surface area contributed by atoms with Crippen molar-refractivity contribution < 1.29 is 9.53 Å². The Labute approximate surface area is 156 Å². The minimum absolute atomic E-state index is 0.0878. The molecular weight excluding hydrogens is 348 g/mol. The van der Waals surface area contributed by atoms with Gasteiger partial charge in [-0.05, 0) is 43.7 Å². The van der Waals surface area contributed by atoms with Crippen molar-refractivity contribution in [2.45, 2.75) is 24.3 Å². The van der Waals surface area contributed by atoms with Crippen molar-refractivity contribution >= 4 is 23.4 Å². The van der Waals surface area contributed by atoms with Gasteiger partial charge in [0.05, 0.1) is 18.0 Å². The Morgan fingerprint density at radius 2 is 2.04 bits per heavy atom. The van der Waals surface area contributed by atoms with E-state index in [1.807, 2.05) is 66.9 Å². The Balaban J connectivity index is 1.75. The molecule has 6 nitrogen and oxygen atoms in total. The molecule has 0 bridgehead atoms. The Morgan fingerprint density at radius 1 is 1.23 bits per heavy atom. The molecule has 0 aliphatic carbocycles. The van der Waals surface area contributed by atoms with Crippen LogP contribution in [0.3, 0.4) is 0 Å². The number of amides is 1. The van der Waals surface area contributed by atoms with Crippen LogP contribution in [-0.4, -0.2) is 33.0 Å². The van der Waals surface area contributed by atoms with Gasteiger partial charge in [0, 0.05) is 5.69 Å². The SMILES string of the molecule is COc1ccccc1-n1cnnc1SC(C)C(=O)Nc1cccc(C)c1. The number of aromatic nitrogens is 3. The summed E-state index contributed by atoms with van der Waals surface area (Å²) in [5.74, 6) is 0.626. The Kier molecular flexibility index (Phi) is 5.58. The number of thioether (sulfide) groups is 1. The third-order valence-corrected chi connectivity index (χ3v) is 4.85. The highest BCUT2D eigenvalue weighted by molar-refractivity contribution is 8.00. The third-order valence-electron chi connectivity index (χ3n) is 3.80. The lowest BCUT2D eigenvalue weighted by Crippen LogP contribution is -2.22. The minimum atomic E-state index is -0.340. The fraction of sp³-hybridized carbons (Fsp3) is 0.211. The highest BCUT2D eigenvalue weighted by Gasteiger charge is 2.19. The first-order chi connectivity index (χ1) is 12.6. The van der Waals surface area contributed by atoms with E-state index in [0.717, 1.165) is 16.9 Å². The van der Waals surface area contributed by atoms with E-state index in [-0.39, 0.29) is 11.2 Å². The summed E-state index contributed by atoms with van der Waals surface area (Å²) in [5, 5.41) is 11.4. The van der Waals surface area contributed by atoms with Gasteiger partial charge >= 0.3 is 0 Å². The van der Waals surface area contributed by atoms with Gasteiger partial charge in [-0.15, -0.1) is 10.2 Å². The minimum Gasteiger partial charge on any atom is -0.495 e. The second-order valence-corrected chi connectivity index (χ2v) is 7.08. The molecule has 0 aliphatic heterocycles. The molecule has 0 radical (unpaired) electrons. The van der Waals surface area contributed by atoms with Crippen molar-refractivity contribution in [3.63, 3.8) is 0 Å². The highest BCUT2D eigenvalue weighted by Crippen LogP contribution is 2.29. The van der Waals surface area contributed by atoms with Crippen molar-refractivity contribution in [2.75, 3.05) is 12.4 Å². The zero-order valence-corrected chi connectivity index (χ0v) is 15.7. The number of carbonyl (C=O) groups excluding carboxylic acids is 1. The molecular formula is C19H20N4O2S. The summed E-state index contributed by atoms with van der Waals surface area (Å²) >= 11 is 1.34. The largest absolute Gasteiger partial charge is 0.495 e. The number of ether oxygens (including phenoxy) is 1. The second-order valence-electron chi connectivity index (χ2n) is 5.77. The zero-order chi connectivity index (χ0) is 18.5. The fourth-order valence-electron chi connectivity index (χ4n) is 2.48. The van der Waals surface area contributed by atoms with Gasteiger partial charge in [-0.25, -0.2) is 0 Å². The van der Waals surface area contributed by atoms with E-state index in [9.17, 15) is 4.79 Å². The van der Waals surface area contributed by atoms with Crippen LogP contribution < -0.4 is 10.1 Å². The molecule has 1 amide bonds. The number of carbonyl (C=O) groups is 1.